The van der Waals surface area contributed by atoms with Gasteiger partial charge in [0.05, 0.1) is 23.8 Å². The van der Waals surface area contributed by atoms with Crippen molar-refractivity contribution in [1.29, 1.82) is 0 Å². The summed E-state index contributed by atoms with van der Waals surface area (Å²) in [5.41, 5.74) is 3.02. The van der Waals surface area contributed by atoms with Crippen LogP contribution >= 0.6 is 0 Å². The summed E-state index contributed by atoms with van der Waals surface area (Å²) in [5, 5.41) is 2.63. The Bertz CT molecular complexity index is 899. The molecule has 3 rings (SSSR count). The van der Waals surface area contributed by atoms with Crippen LogP contribution in [0.1, 0.15) is 15.9 Å². The predicted molar refractivity (Wildman–Crippen MR) is 95.6 cm³/mol. The average Bonchev–Trinajstić information content (AvgIpc) is 2.63. The molecular formula is C19H17FN4O. The molecule has 0 unspecified atom stereocenters. The number of hydrogen-bond donors (Lipinski definition) is 1. The van der Waals surface area contributed by atoms with Crippen LogP contribution in [0.2, 0.25) is 0 Å². The van der Waals surface area contributed by atoms with Gasteiger partial charge >= 0.3 is 0 Å². The fourth-order valence-corrected chi connectivity index (χ4v) is 2.41. The highest BCUT2D eigenvalue weighted by atomic mass is 19.1. The number of rotatable bonds is 4. The second-order valence-corrected chi connectivity index (χ2v) is 5.64. The third-order valence-electron chi connectivity index (χ3n) is 3.80. The van der Waals surface area contributed by atoms with E-state index in [1.165, 1.54) is 12.4 Å². The lowest BCUT2D eigenvalue weighted by Gasteiger charge is -2.19. The van der Waals surface area contributed by atoms with Crippen molar-refractivity contribution < 1.29 is 9.18 Å². The predicted octanol–water partition coefficient (Wildman–Crippen LogP) is 3.94. The Morgan fingerprint density at radius 3 is 2.56 bits per heavy atom. The first-order valence-electron chi connectivity index (χ1n) is 7.71. The molecule has 1 aromatic heterocycles. The maximum atomic E-state index is 14.1. The quantitative estimate of drug-likeness (QED) is 0.784. The molecule has 25 heavy (non-hydrogen) atoms. The number of nitrogens with one attached hydrogen (secondary N) is 1. The summed E-state index contributed by atoms with van der Waals surface area (Å²) in [4.78, 5) is 22.1. The molecule has 2 aromatic carbocycles. The topological polar surface area (TPSA) is 58.1 Å². The van der Waals surface area contributed by atoms with E-state index in [9.17, 15) is 9.18 Å². The number of anilines is 3. The Hall–Kier alpha value is -3.28. The minimum Gasteiger partial charge on any atom is -0.342 e. The molecule has 0 aliphatic carbocycles. The molecule has 0 fully saturated rings. The van der Waals surface area contributed by atoms with Gasteiger partial charge in [0.25, 0.3) is 5.91 Å². The zero-order chi connectivity index (χ0) is 17.8. The van der Waals surface area contributed by atoms with Crippen LogP contribution < -0.4 is 10.2 Å². The molecule has 1 N–H and O–H groups in total. The van der Waals surface area contributed by atoms with Crippen LogP contribution in [-0.4, -0.2) is 22.9 Å². The van der Waals surface area contributed by atoms with E-state index >= 15 is 0 Å². The molecule has 0 aliphatic rings. The average molecular weight is 336 g/mol. The van der Waals surface area contributed by atoms with Gasteiger partial charge in [0.1, 0.15) is 12.1 Å². The van der Waals surface area contributed by atoms with Crippen molar-refractivity contribution in [2.75, 3.05) is 17.3 Å². The van der Waals surface area contributed by atoms with Crippen molar-refractivity contribution in [3.05, 3.63) is 78.1 Å². The number of nitrogens with zero attached hydrogens (tertiary/aromatic N) is 3. The number of aryl methyl sites for hydroxylation is 1. The van der Waals surface area contributed by atoms with E-state index < -0.39 is 5.82 Å². The zero-order valence-corrected chi connectivity index (χ0v) is 13.9. The molecule has 0 atom stereocenters. The Balaban J connectivity index is 1.86. The van der Waals surface area contributed by atoms with Gasteiger partial charge in [-0.3, -0.25) is 4.79 Å². The van der Waals surface area contributed by atoms with E-state index in [0.717, 1.165) is 11.3 Å². The van der Waals surface area contributed by atoms with E-state index in [1.54, 1.807) is 42.7 Å². The van der Waals surface area contributed by atoms with Gasteiger partial charge in [-0.05, 0) is 37.3 Å². The minimum atomic E-state index is -0.498. The maximum absolute atomic E-state index is 14.1. The van der Waals surface area contributed by atoms with Crippen molar-refractivity contribution in [3.8, 4) is 0 Å². The molecular weight excluding hydrogens is 319 g/mol. The molecule has 1 heterocycles. The summed E-state index contributed by atoms with van der Waals surface area (Å²) < 4.78 is 14.1. The number of halogens is 1. The SMILES string of the molecule is Cc1cccc(C(=O)Nc2cc(N(C)c3cncnc3)ccc2F)c1. The number of carbonyl (C=O) groups is 1. The molecule has 126 valence electrons. The number of aromatic nitrogens is 2. The summed E-state index contributed by atoms with van der Waals surface area (Å²) in [6, 6.07) is 11.7. The lowest BCUT2D eigenvalue weighted by atomic mass is 10.1. The van der Waals surface area contributed by atoms with Gasteiger partial charge in [0.2, 0.25) is 0 Å². The van der Waals surface area contributed by atoms with Crippen LogP contribution in [0.3, 0.4) is 0 Å². The fourth-order valence-electron chi connectivity index (χ4n) is 2.41. The second-order valence-electron chi connectivity index (χ2n) is 5.64. The maximum Gasteiger partial charge on any atom is 0.255 e. The normalized spacial score (nSPS) is 10.4. The second kappa shape index (κ2) is 7.09. The highest BCUT2D eigenvalue weighted by Crippen LogP contribution is 2.27. The molecule has 0 radical (unpaired) electrons. The smallest absolute Gasteiger partial charge is 0.255 e. The van der Waals surface area contributed by atoms with Crippen molar-refractivity contribution in [3.63, 3.8) is 0 Å². The van der Waals surface area contributed by atoms with Crippen LogP contribution in [0.25, 0.3) is 0 Å². The lowest BCUT2D eigenvalue weighted by Crippen LogP contribution is -2.15. The van der Waals surface area contributed by atoms with Crippen molar-refractivity contribution in [2.24, 2.45) is 0 Å². The van der Waals surface area contributed by atoms with Crippen molar-refractivity contribution >= 4 is 23.0 Å². The zero-order valence-electron chi connectivity index (χ0n) is 13.9. The van der Waals surface area contributed by atoms with E-state index in [1.807, 2.05) is 24.9 Å². The van der Waals surface area contributed by atoms with Gasteiger partial charge in [-0.2, -0.15) is 0 Å². The molecule has 1 amide bonds. The Labute approximate surface area is 145 Å². The van der Waals surface area contributed by atoms with Crippen molar-refractivity contribution in [2.45, 2.75) is 6.92 Å². The summed E-state index contributed by atoms with van der Waals surface area (Å²) in [6.45, 7) is 1.90. The molecule has 0 aliphatic heterocycles. The first-order valence-corrected chi connectivity index (χ1v) is 7.71. The Morgan fingerprint density at radius 1 is 1.08 bits per heavy atom. The summed E-state index contributed by atoms with van der Waals surface area (Å²) in [6.07, 6.45) is 4.75. The number of carbonyl (C=O) groups excluding carboxylic acids is 1. The van der Waals surface area contributed by atoms with Crippen LogP contribution in [0, 0.1) is 12.7 Å². The fraction of sp³-hybridized carbons (Fsp3) is 0.105. The van der Waals surface area contributed by atoms with Gasteiger partial charge < -0.3 is 10.2 Å². The van der Waals surface area contributed by atoms with Crippen LogP contribution in [0.5, 0.6) is 0 Å². The van der Waals surface area contributed by atoms with E-state index in [2.05, 4.69) is 15.3 Å². The molecule has 0 saturated heterocycles. The third-order valence-corrected chi connectivity index (χ3v) is 3.80. The number of hydrogen-bond acceptors (Lipinski definition) is 4. The summed E-state index contributed by atoms with van der Waals surface area (Å²) in [7, 11) is 1.82. The molecule has 0 spiro atoms. The first kappa shape index (κ1) is 16.6. The van der Waals surface area contributed by atoms with Crippen molar-refractivity contribution in [1.82, 2.24) is 9.97 Å². The van der Waals surface area contributed by atoms with E-state index in [4.69, 9.17) is 0 Å². The van der Waals surface area contributed by atoms with Crippen LogP contribution in [-0.2, 0) is 0 Å². The highest BCUT2D eigenvalue weighted by Gasteiger charge is 2.12. The molecule has 6 heteroatoms. The van der Waals surface area contributed by atoms with E-state index in [0.29, 0.717) is 11.3 Å². The monoisotopic (exact) mass is 336 g/mol. The molecule has 0 bridgehead atoms. The van der Waals surface area contributed by atoms with E-state index in [-0.39, 0.29) is 11.6 Å². The van der Waals surface area contributed by atoms with Gasteiger partial charge in [-0.15, -0.1) is 0 Å². The Kier molecular flexibility index (Phi) is 4.70. The van der Waals surface area contributed by atoms with Gasteiger partial charge in [0, 0.05) is 18.3 Å². The van der Waals surface area contributed by atoms with Crippen LogP contribution in [0.15, 0.2) is 61.2 Å². The number of amides is 1. The van der Waals surface area contributed by atoms with Gasteiger partial charge in [-0.25, -0.2) is 14.4 Å². The number of benzene rings is 2. The highest BCUT2D eigenvalue weighted by molar-refractivity contribution is 6.04. The van der Waals surface area contributed by atoms with Crippen LogP contribution in [0.4, 0.5) is 21.5 Å². The Morgan fingerprint density at radius 2 is 1.84 bits per heavy atom. The molecule has 5 nitrogen and oxygen atoms in total. The standard InChI is InChI=1S/C19H17FN4O/c1-13-4-3-5-14(8-13)19(25)23-18-9-15(6-7-17(18)20)24(2)16-10-21-12-22-11-16/h3-12H,1-2H3,(H,23,25). The largest absolute Gasteiger partial charge is 0.342 e. The summed E-state index contributed by atoms with van der Waals surface area (Å²) in [5.74, 6) is -0.854. The molecule has 0 saturated carbocycles. The summed E-state index contributed by atoms with van der Waals surface area (Å²) >= 11 is 0. The van der Waals surface area contributed by atoms with Gasteiger partial charge in [-0.1, -0.05) is 17.7 Å². The third kappa shape index (κ3) is 3.80. The molecule has 3 aromatic rings. The van der Waals surface area contributed by atoms with Gasteiger partial charge in [0.15, 0.2) is 0 Å². The lowest BCUT2D eigenvalue weighted by molar-refractivity contribution is 0.102. The minimum absolute atomic E-state index is 0.118. The first-order chi connectivity index (χ1) is 12.0.